The van der Waals surface area contributed by atoms with Crippen LogP contribution in [0.2, 0.25) is 0 Å². The summed E-state index contributed by atoms with van der Waals surface area (Å²) in [5.74, 6) is 0.175. The summed E-state index contributed by atoms with van der Waals surface area (Å²) in [6, 6.07) is 8.30. The molecule has 1 saturated heterocycles. The summed E-state index contributed by atoms with van der Waals surface area (Å²) in [5, 5.41) is 24.1. The first-order valence-electron chi connectivity index (χ1n) is 8.83. The molecule has 7 nitrogen and oxygen atoms in total. The predicted molar refractivity (Wildman–Crippen MR) is 101 cm³/mol. The molecule has 0 bridgehead atoms. The highest BCUT2D eigenvalue weighted by Crippen LogP contribution is 2.40. The number of hydrogen-bond acceptors (Lipinski definition) is 7. The number of hydrogen-bond donors (Lipinski definition) is 2. The maximum absolute atomic E-state index is 10.8. The Bertz CT molecular complexity index is 885. The first-order chi connectivity index (χ1) is 12.7. The Morgan fingerprint density at radius 1 is 1.19 bits per heavy atom. The summed E-state index contributed by atoms with van der Waals surface area (Å²) in [6.07, 6.45) is 1.46. The number of benzene rings is 1. The number of fused-ring (bicyclic) bond motifs is 1. The minimum Gasteiger partial charge on any atom is -0.492 e. The third kappa shape index (κ3) is 3.09. The first-order valence-corrected chi connectivity index (χ1v) is 9.65. The molecule has 4 rings (SSSR count). The topological polar surface area (TPSA) is 77.1 Å². The van der Waals surface area contributed by atoms with Crippen molar-refractivity contribution in [2.24, 2.45) is 0 Å². The third-order valence-corrected chi connectivity index (χ3v) is 6.15. The van der Waals surface area contributed by atoms with Crippen LogP contribution >= 0.6 is 11.3 Å². The van der Waals surface area contributed by atoms with Gasteiger partial charge in [-0.05, 0) is 18.1 Å². The van der Waals surface area contributed by atoms with Gasteiger partial charge in [-0.15, -0.1) is 0 Å². The van der Waals surface area contributed by atoms with Crippen LogP contribution in [0.25, 0.3) is 4.96 Å². The molecule has 1 aromatic carbocycles. The largest absolute Gasteiger partial charge is 0.492 e. The second-order valence-corrected chi connectivity index (χ2v) is 7.61. The Kier molecular flexibility index (Phi) is 4.90. The Morgan fingerprint density at radius 2 is 1.96 bits per heavy atom. The molecule has 3 heterocycles. The fraction of sp³-hybridized carbons (Fsp3) is 0.444. The molecule has 2 aromatic heterocycles. The lowest BCUT2D eigenvalue weighted by Gasteiger charge is -2.39. The minimum atomic E-state index is -0.0269. The third-order valence-electron chi connectivity index (χ3n) is 5.06. The van der Waals surface area contributed by atoms with Crippen molar-refractivity contribution in [3.8, 4) is 5.88 Å². The van der Waals surface area contributed by atoms with E-state index in [0.717, 1.165) is 31.1 Å². The average Bonchev–Trinajstić information content (AvgIpc) is 3.22. The van der Waals surface area contributed by atoms with Gasteiger partial charge in [-0.25, -0.2) is 4.98 Å². The lowest BCUT2D eigenvalue weighted by atomic mass is 9.98. The van der Waals surface area contributed by atoms with Crippen LogP contribution in [-0.4, -0.2) is 73.9 Å². The molecule has 1 aliphatic heterocycles. The maximum atomic E-state index is 10.8. The van der Waals surface area contributed by atoms with E-state index in [1.54, 1.807) is 0 Å². The minimum absolute atomic E-state index is 0.0269. The average molecular weight is 373 g/mol. The van der Waals surface area contributed by atoms with Crippen LogP contribution in [0.5, 0.6) is 5.88 Å². The van der Waals surface area contributed by atoms with Gasteiger partial charge in [0.15, 0.2) is 0 Å². The fourth-order valence-corrected chi connectivity index (χ4v) is 4.74. The zero-order valence-corrected chi connectivity index (χ0v) is 15.6. The van der Waals surface area contributed by atoms with Gasteiger partial charge in [-0.2, -0.15) is 9.61 Å². The molecule has 1 fully saturated rings. The highest BCUT2D eigenvalue weighted by molar-refractivity contribution is 7.17. The monoisotopic (exact) mass is 373 g/mol. The van der Waals surface area contributed by atoms with Crippen LogP contribution in [0.1, 0.15) is 22.0 Å². The number of piperazine rings is 1. The summed E-state index contributed by atoms with van der Waals surface area (Å²) in [7, 11) is 0. The normalized spacial score (nSPS) is 17.8. The smallest absolute Gasteiger partial charge is 0.230 e. The summed E-state index contributed by atoms with van der Waals surface area (Å²) >= 11 is 1.49. The Balaban J connectivity index is 1.72. The van der Waals surface area contributed by atoms with Gasteiger partial charge in [-0.3, -0.25) is 9.80 Å². The van der Waals surface area contributed by atoms with Crippen LogP contribution in [0.4, 0.5) is 0 Å². The van der Waals surface area contributed by atoms with Crippen LogP contribution in [-0.2, 0) is 0 Å². The maximum Gasteiger partial charge on any atom is 0.230 e. The molecule has 1 unspecified atom stereocenters. The molecule has 1 aliphatic rings. The number of aromatic hydroxyl groups is 1. The Labute approximate surface area is 156 Å². The number of rotatable bonds is 5. The molecule has 2 N–H and O–H groups in total. The van der Waals surface area contributed by atoms with Crippen molar-refractivity contribution in [3.63, 3.8) is 0 Å². The molecule has 26 heavy (non-hydrogen) atoms. The van der Waals surface area contributed by atoms with E-state index < -0.39 is 0 Å². The molecule has 1 atom stereocenters. The zero-order chi connectivity index (χ0) is 18.1. The first kappa shape index (κ1) is 17.4. The molecule has 0 amide bonds. The van der Waals surface area contributed by atoms with E-state index in [9.17, 15) is 10.2 Å². The van der Waals surface area contributed by atoms with E-state index >= 15 is 0 Å². The van der Waals surface area contributed by atoms with Crippen LogP contribution in [0, 0.1) is 6.92 Å². The second-order valence-electron chi connectivity index (χ2n) is 6.60. The Morgan fingerprint density at radius 3 is 2.65 bits per heavy atom. The SMILES string of the molecule is Cc1ccccc1C(c1sc2ncnn2c1O)N1CCN(CCO)CC1. The number of β-amino-alcohol motifs (C(OH)–C–C–N with tert-alkyl or cyclic N) is 1. The highest BCUT2D eigenvalue weighted by Gasteiger charge is 2.32. The number of nitrogens with zero attached hydrogens (tertiary/aromatic N) is 5. The molecule has 0 radical (unpaired) electrons. The quantitative estimate of drug-likeness (QED) is 0.706. The number of thiazole rings is 1. The molecule has 138 valence electrons. The van der Waals surface area contributed by atoms with Crippen molar-refractivity contribution in [3.05, 3.63) is 46.6 Å². The van der Waals surface area contributed by atoms with Gasteiger partial charge in [0.05, 0.1) is 17.5 Å². The van der Waals surface area contributed by atoms with E-state index in [-0.39, 0.29) is 18.5 Å². The van der Waals surface area contributed by atoms with Crippen molar-refractivity contribution >= 4 is 16.3 Å². The number of aromatic nitrogens is 3. The van der Waals surface area contributed by atoms with E-state index in [1.807, 2.05) is 12.1 Å². The molecule has 8 heteroatoms. The molecular formula is C18H23N5O2S. The van der Waals surface area contributed by atoms with E-state index in [2.05, 4.69) is 38.9 Å². The van der Waals surface area contributed by atoms with Gasteiger partial charge in [-0.1, -0.05) is 35.6 Å². The lowest BCUT2D eigenvalue weighted by molar-refractivity contribution is 0.0944. The van der Waals surface area contributed by atoms with Crippen molar-refractivity contribution < 1.29 is 10.2 Å². The van der Waals surface area contributed by atoms with Gasteiger partial charge in [0.25, 0.3) is 0 Å². The molecule has 0 spiro atoms. The summed E-state index contributed by atoms with van der Waals surface area (Å²) in [4.78, 5) is 10.5. The number of aliphatic hydroxyl groups is 1. The van der Waals surface area contributed by atoms with Gasteiger partial charge in [0.1, 0.15) is 6.33 Å². The van der Waals surface area contributed by atoms with Gasteiger partial charge in [0.2, 0.25) is 10.8 Å². The summed E-state index contributed by atoms with van der Waals surface area (Å²) in [5.41, 5.74) is 2.40. The van der Waals surface area contributed by atoms with Gasteiger partial charge in [0, 0.05) is 32.7 Å². The van der Waals surface area contributed by atoms with Crippen LogP contribution in [0.3, 0.4) is 0 Å². The van der Waals surface area contributed by atoms with Crippen LogP contribution < -0.4 is 0 Å². The van der Waals surface area contributed by atoms with E-state index in [0.29, 0.717) is 11.5 Å². The molecule has 0 saturated carbocycles. The molecular weight excluding hydrogens is 350 g/mol. The summed E-state index contributed by atoms with van der Waals surface area (Å²) < 4.78 is 1.51. The molecule has 3 aromatic rings. The number of aliphatic hydroxyl groups excluding tert-OH is 1. The Hall–Kier alpha value is -2.00. The highest BCUT2D eigenvalue weighted by atomic mass is 32.1. The number of aryl methyl sites for hydroxylation is 1. The predicted octanol–water partition coefficient (Wildman–Crippen LogP) is 1.50. The van der Waals surface area contributed by atoms with E-state index in [4.69, 9.17) is 0 Å². The molecule has 0 aliphatic carbocycles. The standard InChI is InChI=1S/C18H23N5O2S/c1-13-4-2-3-5-14(13)15(22-8-6-21(7-9-22)10-11-24)16-17(25)23-18(26-16)19-12-20-23/h2-5,12,15,24-25H,6-11H2,1H3. The van der Waals surface area contributed by atoms with Gasteiger partial charge < -0.3 is 10.2 Å². The van der Waals surface area contributed by atoms with Crippen molar-refractivity contribution in [1.29, 1.82) is 0 Å². The lowest BCUT2D eigenvalue weighted by Crippen LogP contribution is -2.48. The van der Waals surface area contributed by atoms with Crippen molar-refractivity contribution in [1.82, 2.24) is 24.4 Å². The van der Waals surface area contributed by atoms with Gasteiger partial charge >= 0.3 is 0 Å². The van der Waals surface area contributed by atoms with Crippen LogP contribution in [0.15, 0.2) is 30.6 Å². The summed E-state index contributed by atoms with van der Waals surface area (Å²) in [6.45, 7) is 6.59. The van der Waals surface area contributed by atoms with Crippen molar-refractivity contribution in [2.75, 3.05) is 39.3 Å². The van der Waals surface area contributed by atoms with Crippen molar-refractivity contribution in [2.45, 2.75) is 13.0 Å². The zero-order valence-electron chi connectivity index (χ0n) is 14.7. The second kappa shape index (κ2) is 7.32. The fourth-order valence-electron chi connectivity index (χ4n) is 3.66. The van der Waals surface area contributed by atoms with E-state index in [1.165, 1.54) is 33.3 Å².